The first kappa shape index (κ1) is 14.5. The van der Waals surface area contributed by atoms with Gasteiger partial charge in [0.05, 0.1) is 0 Å². The van der Waals surface area contributed by atoms with E-state index < -0.39 is 0 Å². The Labute approximate surface area is 126 Å². The van der Waals surface area contributed by atoms with Crippen LogP contribution in [0, 0.1) is 5.41 Å². The highest BCUT2D eigenvalue weighted by atomic mass is 32.1. The number of hydrogen-bond acceptors (Lipinski definition) is 4. The topological polar surface area (TPSA) is 24.5 Å². The summed E-state index contributed by atoms with van der Waals surface area (Å²) in [6.07, 6.45) is 3.64. The van der Waals surface area contributed by atoms with Gasteiger partial charge in [-0.25, -0.2) is 0 Å². The van der Waals surface area contributed by atoms with E-state index in [2.05, 4.69) is 28.6 Å². The number of rotatable bonds is 5. The quantitative estimate of drug-likeness (QED) is 0.903. The summed E-state index contributed by atoms with van der Waals surface area (Å²) in [5.41, 5.74) is 1.98. The van der Waals surface area contributed by atoms with Crippen LogP contribution in [-0.4, -0.2) is 44.3 Å². The van der Waals surface area contributed by atoms with E-state index in [0.717, 1.165) is 32.8 Å². The zero-order valence-corrected chi connectivity index (χ0v) is 13.3. The van der Waals surface area contributed by atoms with Crippen molar-refractivity contribution in [2.75, 3.05) is 39.4 Å². The lowest BCUT2D eigenvalue weighted by molar-refractivity contribution is -0.00625. The van der Waals surface area contributed by atoms with Crippen molar-refractivity contribution in [2.24, 2.45) is 5.41 Å². The van der Waals surface area contributed by atoms with Gasteiger partial charge in [0.1, 0.15) is 0 Å². The molecule has 1 aromatic heterocycles. The Bertz CT molecular complexity index is 426. The zero-order chi connectivity index (χ0) is 13.8. The molecule has 20 heavy (non-hydrogen) atoms. The molecular weight excluding hydrogens is 268 g/mol. The predicted molar refractivity (Wildman–Crippen MR) is 84.3 cm³/mol. The standard InChI is InChI=1S/C16H26N2OS/c1-2-17-12-16(5-8-19-9-6-16)13-18-7-3-15-14(11-18)4-10-20-15/h4,10,17H,2-3,5-9,11-13H2,1H3. The van der Waals surface area contributed by atoms with E-state index in [4.69, 9.17) is 4.74 Å². The Balaban J connectivity index is 1.64. The molecule has 2 aliphatic rings. The number of thiophene rings is 1. The first-order chi connectivity index (χ1) is 9.81. The number of hydrogen-bond donors (Lipinski definition) is 1. The summed E-state index contributed by atoms with van der Waals surface area (Å²) in [6.45, 7) is 9.86. The maximum atomic E-state index is 5.59. The highest BCUT2D eigenvalue weighted by molar-refractivity contribution is 7.10. The van der Waals surface area contributed by atoms with E-state index >= 15 is 0 Å². The summed E-state index contributed by atoms with van der Waals surface area (Å²) in [6, 6.07) is 2.31. The minimum atomic E-state index is 0.418. The molecular formula is C16H26N2OS. The van der Waals surface area contributed by atoms with E-state index in [1.54, 1.807) is 10.4 Å². The van der Waals surface area contributed by atoms with Gasteiger partial charge < -0.3 is 10.1 Å². The predicted octanol–water partition coefficient (Wildman–Crippen LogP) is 2.51. The summed E-state index contributed by atoms with van der Waals surface area (Å²) in [5.74, 6) is 0. The second-order valence-electron chi connectivity index (χ2n) is 6.22. The van der Waals surface area contributed by atoms with Crippen LogP contribution in [0.1, 0.15) is 30.2 Å². The first-order valence-electron chi connectivity index (χ1n) is 7.87. The number of fused-ring (bicyclic) bond motifs is 1. The minimum absolute atomic E-state index is 0.418. The largest absolute Gasteiger partial charge is 0.381 e. The molecule has 1 fully saturated rings. The van der Waals surface area contributed by atoms with Crippen LogP contribution in [0.2, 0.25) is 0 Å². The lowest BCUT2D eigenvalue weighted by Gasteiger charge is -2.42. The van der Waals surface area contributed by atoms with E-state index in [0.29, 0.717) is 5.41 Å². The summed E-state index contributed by atoms with van der Waals surface area (Å²) < 4.78 is 5.59. The van der Waals surface area contributed by atoms with Crippen LogP contribution < -0.4 is 5.32 Å². The fourth-order valence-electron chi connectivity index (χ4n) is 3.50. The Morgan fingerprint density at radius 2 is 2.25 bits per heavy atom. The summed E-state index contributed by atoms with van der Waals surface area (Å²) in [4.78, 5) is 4.27. The van der Waals surface area contributed by atoms with E-state index in [1.807, 2.05) is 11.3 Å². The molecule has 1 saturated heterocycles. The van der Waals surface area contributed by atoms with E-state index in [9.17, 15) is 0 Å². The van der Waals surface area contributed by atoms with E-state index in [-0.39, 0.29) is 0 Å². The normalized spacial score (nSPS) is 22.6. The lowest BCUT2D eigenvalue weighted by atomic mass is 9.79. The SMILES string of the molecule is CCNCC1(CN2CCc3sccc3C2)CCOCC1. The Hall–Kier alpha value is -0.420. The third kappa shape index (κ3) is 3.25. The molecule has 0 radical (unpaired) electrons. The molecule has 2 aliphatic heterocycles. The molecule has 0 unspecified atom stereocenters. The number of ether oxygens (including phenoxy) is 1. The van der Waals surface area contributed by atoms with Crippen LogP contribution in [0.3, 0.4) is 0 Å². The monoisotopic (exact) mass is 294 g/mol. The fourth-order valence-corrected chi connectivity index (χ4v) is 4.39. The van der Waals surface area contributed by atoms with Crippen molar-refractivity contribution in [3.8, 4) is 0 Å². The van der Waals surface area contributed by atoms with Crippen molar-refractivity contribution in [1.29, 1.82) is 0 Å². The van der Waals surface area contributed by atoms with Crippen molar-refractivity contribution in [2.45, 2.75) is 32.7 Å². The van der Waals surface area contributed by atoms with Crippen LogP contribution in [-0.2, 0) is 17.7 Å². The average molecular weight is 294 g/mol. The molecule has 0 aromatic carbocycles. The smallest absolute Gasteiger partial charge is 0.0472 e. The van der Waals surface area contributed by atoms with Crippen LogP contribution in [0.25, 0.3) is 0 Å². The molecule has 0 spiro atoms. The molecule has 4 heteroatoms. The van der Waals surface area contributed by atoms with Gasteiger partial charge in [-0.05, 0) is 48.2 Å². The van der Waals surface area contributed by atoms with Crippen LogP contribution in [0.15, 0.2) is 11.4 Å². The van der Waals surface area contributed by atoms with Crippen LogP contribution in [0.4, 0.5) is 0 Å². The zero-order valence-electron chi connectivity index (χ0n) is 12.5. The second kappa shape index (κ2) is 6.56. The number of nitrogens with one attached hydrogen (secondary N) is 1. The van der Waals surface area contributed by atoms with Gasteiger partial charge >= 0.3 is 0 Å². The molecule has 1 aromatic rings. The third-order valence-electron chi connectivity index (χ3n) is 4.75. The van der Waals surface area contributed by atoms with Crippen molar-refractivity contribution in [3.63, 3.8) is 0 Å². The summed E-state index contributed by atoms with van der Waals surface area (Å²) >= 11 is 1.93. The molecule has 112 valence electrons. The van der Waals surface area contributed by atoms with Crippen molar-refractivity contribution in [1.82, 2.24) is 10.2 Å². The van der Waals surface area contributed by atoms with Gasteiger partial charge in [-0.3, -0.25) is 4.90 Å². The van der Waals surface area contributed by atoms with Gasteiger partial charge in [-0.2, -0.15) is 0 Å². The Kier molecular flexibility index (Phi) is 4.76. The van der Waals surface area contributed by atoms with Gasteiger partial charge in [0.2, 0.25) is 0 Å². The second-order valence-corrected chi connectivity index (χ2v) is 7.22. The molecule has 0 saturated carbocycles. The molecule has 0 bridgehead atoms. The van der Waals surface area contributed by atoms with Gasteiger partial charge in [0, 0.05) is 44.3 Å². The molecule has 1 N–H and O–H groups in total. The van der Waals surface area contributed by atoms with Gasteiger partial charge in [0.15, 0.2) is 0 Å². The van der Waals surface area contributed by atoms with Gasteiger partial charge in [-0.1, -0.05) is 6.92 Å². The molecule has 3 heterocycles. The summed E-state index contributed by atoms with van der Waals surface area (Å²) in [5, 5.41) is 5.83. The van der Waals surface area contributed by atoms with Crippen molar-refractivity contribution >= 4 is 11.3 Å². The highest BCUT2D eigenvalue weighted by Crippen LogP contribution is 2.33. The fraction of sp³-hybridized carbons (Fsp3) is 0.750. The van der Waals surface area contributed by atoms with Crippen LogP contribution >= 0.6 is 11.3 Å². The highest BCUT2D eigenvalue weighted by Gasteiger charge is 2.34. The lowest BCUT2D eigenvalue weighted by Crippen LogP contribution is -2.48. The maximum absolute atomic E-state index is 5.59. The third-order valence-corrected chi connectivity index (χ3v) is 5.77. The van der Waals surface area contributed by atoms with Crippen molar-refractivity contribution in [3.05, 3.63) is 21.9 Å². The molecule has 0 aliphatic carbocycles. The van der Waals surface area contributed by atoms with Gasteiger partial charge in [-0.15, -0.1) is 11.3 Å². The molecule has 0 amide bonds. The molecule has 0 atom stereocenters. The summed E-state index contributed by atoms with van der Waals surface area (Å²) in [7, 11) is 0. The van der Waals surface area contributed by atoms with Gasteiger partial charge in [0.25, 0.3) is 0 Å². The Morgan fingerprint density at radius 1 is 1.40 bits per heavy atom. The number of nitrogens with zero attached hydrogens (tertiary/aromatic N) is 1. The Morgan fingerprint density at radius 3 is 3.05 bits per heavy atom. The van der Waals surface area contributed by atoms with E-state index in [1.165, 1.54) is 32.4 Å². The average Bonchev–Trinajstić information content (AvgIpc) is 2.94. The maximum Gasteiger partial charge on any atom is 0.0472 e. The minimum Gasteiger partial charge on any atom is -0.381 e. The van der Waals surface area contributed by atoms with Crippen LogP contribution in [0.5, 0.6) is 0 Å². The molecule has 3 nitrogen and oxygen atoms in total. The molecule has 3 rings (SSSR count). The first-order valence-corrected chi connectivity index (χ1v) is 8.75. The van der Waals surface area contributed by atoms with Crippen molar-refractivity contribution < 1.29 is 4.74 Å².